The molecular formula is C21H21FN4O4S. The van der Waals surface area contributed by atoms with Crippen molar-refractivity contribution in [3.05, 3.63) is 69.2 Å². The maximum absolute atomic E-state index is 13.2. The molecule has 2 amide bonds. The Morgan fingerprint density at radius 2 is 1.77 bits per heavy atom. The molecule has 0 bridgehead atoms. The molecule has 2 heterocycles. The molecule has 0 spiro atoms. The lowest BCUT2D eigenvalue weighted by Gasteiger charge is -2.10. The zero-order valence-electron chi connectivity index (χ0n) is 17.2. The molecule has 2 N–H and O–H groups in total. The summed E-state index contributed by atoms with van der Waals surface area (Å²) in [6.45, 7) is 4.80. The van der Waals surface area contributed by atoms with Crippen LogP contribution in [0.1, 0.15) is 32.4 Å². The third kappa shape index (κ3) is 5.54. The van der Waals surface area contributed by atoms with E-state index in [0.717, 1.165) is 11.4 Å². The molecule has 0 fully saturated rings. The first-order valence-corrected chi connectivity index (χ1v) is 10.2. The Kier molecular flexibility index (Phi) is 6.81. The van der Waals surface area contributed by atoms with Gasteiger partial charge >= 0.3 is 5.97 Å². The van der Waals surface area contributed by atoms with Gasteiger partial charge in [-0.05, 0) is 51.1 Å². The second-order valence-corrected chi connectivity index (χ2v) is 7.77. The van der Waals surface area contributed by atoms with Crippen LogP contribution in [0.2, 0.25) is 0 Å². The maximum Gasteiger partial charge on any atom is 0.340 e. The van der Waals surface area contributed by atoms with Gasteiger partial charge in [0.15, 0.2) is 6.61 Å². The van der Waals surface area contributed by atoms with Gasteiger partial charge in [-0.2, -0.15) is 0 Å². The predicted molar refractivity (Wildman–Crippen MR) is 112 cm³/mol. The van der Waals surface area contributed by atoms with Crippen molar-refractivity contribution >= 4 is 29.1 Å². The second kappa shape index (κ2) is 9.52. The fraction of sp³-hybridized carbons (Fsp3) is 0.238. The highest BCUT2D eigenvalue weighted by Crippen LogP contribution is 2.21. The number of hydrogen-bond donors (Lipinski definition) is 2. The molecule has 3 rings (SSSR count). The number of carbonyl (C=O) groups excluding carboxylic acids is 3. The minimum absolute atomic E-state index is 0.0357. The van der Waals surface area contributed by atoms with Crippen LogP contribution < -0.4 is 10.9 Å². The molecule has 10 heteroatoms. The Hall–Kier alpha value is -3.53. The number of aryl methyl sites for hydroxylation is 2. The van der Waals surface area contributed by atoms with Crippen molar-refractivity contribution in [2.24, 2.45) is 0 Å². The number of carbonyl (C=O) groups is 3. The Morgan fingerprint density at radius 3 is 2.42 bits per heavy atom. The van der Waals surface area contributed by atoms with Crippen molar-refractivity contribution in [2.75, 3.05) is 6.61 Å². The minimum atomic E-state index is -0.679. The number of ether oxygens (including phenoxy) is 1. The highest BCUT2D eigenvalue weighted by molar-refractivity contribution is 7.09. The van der Waals surface area contributed by atoms with Crippen LogP contribution in [0.5, 0.6) is 0 Å². The highest BCUT2D eigenvalue weighted by Gasteiger charge is 2.19. The number of nitrogens with zero attached hydrogens (tertiary/aromatic N) is 2. The van der Waals surface area contributed by atoms with E-state index in [2.05, 4.69) is 15.8 Å². The van der Waals surface area contributed by atoms with E-state index in [1.807, 2.05) is 12.3 Å². The molecule has 8 nitrogen and oxygen atoms in total. The summed E-state index contributed by atoms with van der Waals surface area (Å²) in [7, 11) is 0. The van der Waals surface area contributed by atoms with Gasteiger partial charge in [0.2, 0.25) is 5.91 Å². The predicted octanol–water partition coefficient (Wildman–Crippen LogP) is 2.55. The van der Waals surface area contributed by atoms with Gasteiger partial charge in [-0.3, -0.25) is 20.4 Å². The average Bonchev–Trinajstić information content (AvgIpc) is 3.27. The molecule has 0 saturated heterocycles. The highest BCUT2D eigenvalue weighted by atomic mass is 32.1. The molecule has 162 valence electrons. The van der Waals surface area contributed by atoms with E-state index >= 15 is 0 Å². The van der Waals surface area contributed by atoms with Gasteiger partial charge in [-0.25, -0.2) is 14.2 Å². The van der Waals surface area contributed by atoms with E-state index in [9.17, 15) is 18.8 Å². The van der Waals surface area contributed by atoms with Gasteiger partial charge < -0.3 is 9.30 Å². The first-order chi connectivity index (χ1) is 14.7. The number of halogens is 1. The van der Waals surface area contributed by atoms with Crippen molar-refractivity contribution in [2.45, 2.75) is 27.2 Å². The summed E-state index contributed by atoms with van der Waals surface area (Å²) in [6.07, 6.45) is 0.0357. The molecule has 31 heavy (non-hydrogen) atoms. The zero-order chi connectivity index (χ0) is 22.5. The van der Waals surface area contributed by atoms with Crippen LogP contribution in [0.25, 0.3) is 5.69 Å². The zero-order valence-corrected chi connectivity index (χ0v) is 18.0. The molecular weight excluding hydrogens is 423 g/mol. The van der Waals surface area contributed by atoms with Gasteiger partial charge in [0, 0.05) is 28.1 Å². The summed E-state index contributed by atoms with van der Waals surface area (Å²) in [6, 6.07) is 7.51. The lowest BCUT2D eigenvalue weighted by Crippen LogP contribution is -2.44. The van der Waals surface area contributed by atoms with Crippen molar-refractivity contribution in [1.29, 1.82) is 0 Å². The normalized spacial score (nSPS) is 10.6. The number of aromatic nitrogens is 2. The Morgan fingerprint density at radius 1 is 1.10 bits per heavy atom. The topological polar surface area (TPSA) is 102 Å². The van der Waals surface area contributed by atoms with Crippen molar-refractivity contribution < 1.29 is 23.5 Å². The van der Waals surface area contributed by atoms with Gasteiger partial charge in [-0.1, -0.05) is 0 Å². The van der Waals surface area contributed by atoms with Gasteiger partial charge in [0.1, 0.15) is 10.8 Å². The number of hydrazine groups is 1. The van der Waals surface area contributed by atoms with Crippen LogP contribution in [0.15, 0.2) is 35.7 Å². The lowest BCUT2D eigenvalue weighted by atomic mass is 10.2. The number of hydrogen-bond acceptors (Lipinski definition) is 6. The average molecular weight is 444 g/mol. The quantitative estimate of drug-likeness (QED) is 0.449. The molecule has 0 aliphatic rings. The number of amides is 2. The summed E-state index contributed by atoms with van der Waals surface area (Å²) in [5, 5.41) is 2.46. The SMILES string of the molecule is Cc1csc(CC(=O)NNC(=O)COC(=O)c2cc(C)n(-c3ccc(F)cc3)c2C)n1. The summed E-state index contributed by atoms with van der Waals surface area (Å²) >= 11 is 1.35. The first-order valence-electron chi connectivity index (χ1n) is 9.35. The van der Waals surface area contributed by atoms with Crippen LogP contribution >= 0.6 is 11.3 Å². The fourth-order valence-electron chi connectivity index (χ4n) is 3.01. The largest absolute Gasteiger partial charge is 0.452 e. The van der Waals surface area contributed by atoms with E-state index in [1.54, 1.807) is 36.6 Å². The Labute approximate surface area is 182 Å². The summed E-state index contributed by atoms with van der Waals surface area (Å²) in [4.78, 5) is 40.3. The fourth-order valence-corrected chi connectivity index (χ4v) is 3.78. The van der Waals surface area contributed by atoms with Crippen molar-refractivity contribution in [1.82, 2.24) is 20.4 Å². The maximum atomic E-state index is 13.2. The minimum Gasteiger partial charge on any atom is -0.452 e. The van der Waals surface area contributed by atoms with E-state index in [4.69, 9.17) is 4.74 Å². The number of benzene rings is 1. The Balaban J connectivity index is 1.53. The molecule has 2 aromatic heterocycles. The molecule has 1 aromatic carbocycles. The molecule has 0 unspecified atom stereocenters. The van der Waals surface area contributed by atoms with Gasteiger partial charge in [-0.15, -0.1) is 11.3 Å². The summed E-state index contributed by atoms with van der Waals surface area (Å²) < 4.78 is 20.0. The smallest absolute Gasteiger partial charge is 0.340 e. The lowest BCUT2D eigenvalue weighted by molar-refractivity contribution is -0.130. The van der Waals surface area contributed by atoms with Crippen LogP contribution in [-0.2, 0) is 20.7 Å². The number of nitrogens with one attached hydrogen (secondary N) is 2. The molecule has 0 aliphatic carbocycles. The van der Waals surface area contributed by atoms with Crippen LogP contribution in [0.4, 0.5) is 4.39 Å². The Bertz CT molecular complexity index is 1120. The van der Waals surface area contributed by atoms with E-state index in [-0.39, 0.29) is 17.8 Å². The molecule has 3 aromatic rings. The summed E-state index contributed by atoms with van der Waals surface area (Å²) in [5.74, 6) is -2.15. The third-order valence-corrected chi connectivity index (χ3v) is 5.36. The molecule has 0 saturated carbocycles. The van der Waals surface area contributed by atoms with Gasteiger partial charge in [0.05, 0.1) is 12.0 Å². The third-order valence-electron chi connectivity index (χ3n) is 4.39. The van der Waals surface area contributed by atoms with Crippen LogP contribution in [0.3, 0.4) is 0 Å². The van der Waals surface area contributed by atoms with Crippen LogP contribution in [-0.4, -0.2) is 33.9 Å². The summed E-state index contributed by atoms with van der Waals surface area (Å²) in [5.41, 5.74) is 7.62. The molecule has 0 radical (unpaired) electrons. The van der Waals surface area contributed by atoms with Crippen molar-refractivity contribution in [3.63, 3.8) is 0 Å². The first kappa shape index (κ1) is 22.2. The van der Waals surface area contributed by atoms with E-state index in [1.165, 1.54) is 23.5 Å². The van der Waals surface area contributed by atoms with E-state index in [0.29, 0.717) is 16.4 Å². The molecule has 0 aliphatic heterocycles. The number of thiazole rings is 1. The monoisotopic (exact) mass is 444 g/mol. The second-order valence-electron chi connectivity index (χ2n) is 6.83. The molecule has 0 atom stereocenters. The van der Waals surface area contributed by atoms with E-state index < -0.39 is 24.4 Å². The standard InChI is InChI=1S/C21H21FN4O4S/c1-12-11-31-20(23-12)9-18(27)24-25-19(28)10-30-21(29)17-8-13(2)26(14(17)3)16-6-4-15(22)5-7-16/h4-8,11H,9-10H2,1-3H3,(H,24,27)(H,25,28). The van der Waals surface area contributed by atoms with Gasteiger partial charge in [0.25, 0.3) is 5.91 Å². The number of esters is 1. The number of rotatable bonds is 6. The van der Waals surface area contributed by atoms with Crippen LogP contribution in [0, 0.1) is 26.6 Å². The van der Waals surface area contributed by atoms with Crippen molar-refractivity contribution in [3.8, 4) is 5.69 Å².